The summed E-state index contributed by atoms with van der Waals surface area (Å²) in [6.45, 7) is 1.94. The summed E-state index contributed by atoms with van der Waals surface area (Å²) in [4.78, 5) is 4.38. The van der Waals surface area contributed by atoms with Gasteiger partial charge in [-0.2, -0.15) is 0 Å². The van der Waals surface area contributed by atoms with Gasteiger partial charge < -0.3 is 4.74 Å². The minimum Gasteiger partial charge on any atom is -0.482 e. The van der Waals surface area contributed by atoms with E-state index >= 15 is 0 Å². The first-order valence-corrected chi connectivity index (χ1v) is 7.80. The second kappa shape index (κ2) is 6.24. The second-order valence-electron chi connectivity index (χ2n) is 3.65. The van der Waals surface area contributed by atoms with Crippen molar-refractivity contribution in [2.75, 3.05) is 0 Å². The molecule has 1 atom stereocenters. The molecule has 2 nitrogen and oxygen atoms in total. The van der Waals surface area contributed by atoms with Crippen LogP contribution < -0.4 is 4.74 Å². The Morgan fingerprint density at radius 2 is 2.28 bits per heavy atom. The highest BCUT2D eigenvalue weighted by Crippen LogP contribution is 2.32. The van der Waals surface area contributed by atoms with Gasteiger partial charge in [0.05, 0.1) is 16.6 Å². The Morgan fingerprint density at radius 3 is 2.89 bits per heavy atom. The van der Waals surface area contributed by atoms with Crippen LogP contribution in [0.5, 0.6) is 5.75 Å². The molecule has 0 bridgehead atoms. The molecule has 0 saturated carbocycles. The fourth-order valence-corrected chi connectivity index (χ4v) is 3.13. The van der Waals surface area contributed by atoms with Crippen LogP contribution >= 0.6 is 50.5 Å². The molecule has 0 saturated heterocycles. The molecular formula is C12H10BrCl2NOS. The Hall–Kier alpha value is -0.290. The lowest BCUT2D eigenvalue weighted by atomic mass is 10.3. The second-order valence-corrected chi connectivity index (χ2v) is 6.13. The fraction of sp³-hybridized carbons (Fsp3) is 0.250. The number of ether oxygens (including phenoxy) is 1. The number of rotatable bonds is 4. The molecule has 0 aliphatic heterocycles. The van der Waals surface area contributed by atoms with Crippen LogP contribution in [-0.2, 0) is 5.88 Å². The molecule has 0 aliphatic rings. The molecule has 0 amide bonds. The third-order valence-electron chi connectivity index (χ3n) is 2.25. The van der Waals surface area contributed by atoms with Crippen LogP contribution in [0.1, 0.15) is 23.7 Å². The van der Waals surface area contributed by atoms with E-state index in [4.69, 9.17) is 27.9 Å². The summed E-state index contributed by atoms with van der Waals surface area (Å²) < 4.78 is 6.72. The molecule has 0 aliphatic carbocycles. The Bertz CT molecular complexity index is 547. The number of nitrogens with zero attached hydrogens (tertiary/aromatic N) is 1. The molecule has 0 fully saturated rings. The van der Waals surface area contributed by atoms with Crippen LogP contribution in [0.3, 0.4) is 0 Å². The van der Waals surface area contributed by atoms with Crippen molar-refractivity contribution >= 4 is 50.5 Å². The highest BCUT2D eigenvalue weighted by Gasteiger charge is 2.13. The van der Waals surface area contributed by atoms with E-state index in [1.54, 1.807) is 6.07 Å². The van der Waals surface area contributed by atoms with Crippen molar-refractivity contribution in [3.63, 3.8) is 0 Å². The molecule has 1 heterocycles. The Kier molecular flexibility index (Phi) is 4.90. The van der Waals surface area contributed by atoms with Gasteiger partial charge in [0.25, 0.3) is 0 Å². The van der Waals surface area contributed by atoms with Crippen LogP contribution in [0.15, 0.2) is 28.1 Å². The summed E-state index contributed by atoms with van der Waals surface area (Å²) in [5.74, 6) is 1.07. The third-order valence-corrected chi connectivity index (χ3v) is 4.37. The van der Waals surface area contributed by atoms with Crippen molar-refractivity contribution < 1.29 is 4.74 Å². The maximum absolute atomic E-state index is 6.10. The standard InChI is InChI=1S/C12H10BrCl2NOS/c1-7(12-16-9(5-14)6-18-12)17-11-3-2-8(13)4-10(11)15/h2-4,6-7H,5H2,1H3. The summed E-state index contributed by atoms with van der Waals surface area (Å²) in [7, 11) is 0. The average molecular weight is 367 g/mol. The number of alkyl halides is 1. The quantitative estimate of drug-likeness (QED) is 0.672. The van der Waals surface area contributed by atoms with Crippen molar-refractivity contribution in [2.45, 2.75) is 18.9 Å². The topological polar surface area (TPSA) is 22.1 Å². The first-order chi connectivity index (χ1) is 8.60. The summed E-state index contributed by atoms with van der Waals surface area (Å²) in [5, 5.41) is 3.40. The zero-order chi connectivity index (χ0) is 13.1. The third kappa shape index (κ3) is 3.38. The zero-order valence-electron chi connectivity index (χ0n) is 9.49. The van der Waals surface area contributed by atoms with E-state index in [9.17, 15) is 0 Å². The van der Waals surface area contributed by atoms with E-state index in [1.165, 1.54) is 11.3 Å². The number of hydrogen-bond acceptors (Lipinski definition) is 3. The SMILES string of the molecule is CC(Oc1ccc(Br)cc1Cl)c1nc(CCl)cs1. The number of aromatic nitrogens is 1. The van der Waals surface area contributed by atoms with E-state index in [0.29, 0.717) is 16.7 Å². The van der Waals surface area contributed by atoms with Gasteiger partial charge in [0.1, 0.15) is 16.9 Å². The number of benzene rings is 1. The molecule has 1 aromatic carbocycles. The maximum atomic E-state index is 6.10. The predicted molar refractivity (Wildman–Crippen MR) is 79.9 cm³/mol. The van der Waals surface area contributed by atoms with Crippen LogP contribution in [0.4, 0.5) is 0 Å². The van der Waals surface area contributed by atoms with Crippen molar-refractivity contribution in [3.05, 3.63) is 43.8 Å². The predicted octanol–water partition coefficient (Wildman–Crippen LogP) is 5.44. The average Bonchev–Trinajstić information content (AvgIpc) is 2.81. The molecule has 1 aromatic heterocycles. The van der Waals surface area contributed by atoms with Gasteiger partial charge in [-0.1, -0.05) is 27.5 Å². The van der Waals surface area contributed by atoms with Gasteiger partial charge in [0, 0.05) is 9.85 Å². The van der Waals surface area contributed by atoms with Gasteiger partial charge in [-0.3, -0.25) is 0 Å². The van der Waals surface area contributed by atoms with Crippen molar-refractivity contribution in [1.29, 1.82) is 0 Å². The largest absolute Gasteiger partial charge is 0.482 e. The van der Waals surface area contributed by atoms with E-state index in [2.05, 4.69) is 20.9 Å². The first kappa shape index (κ1) is 14.1. The molecule has 0 radical (unpaired) electrons. The lowest BCUT2D eigenvalue weighted by molar-refractivity contribution is 0.226. The molecule has 1 unspecified atom stereocenters. The van der Waals surface area contributed by atoms with Crippen molar-refractivity contribution in [1.82, 2.24) is 4.98 Å². The molecule has 0 N–H and O–H groups in total. The van der Waals surface area contributed by atoms with E-state index < -0.39 is 0 Å². The minimum atomic E-state index is -0.148. The monoisotopic (exact) mass is 365 g/mol. The van der Waals surface area contributed by atoms with E-state index in [-0.39, 0.29) is 6.10 Å². The molecule has 6 heteroatoms. The lowest BCUT2D eigenvalue weighted by Crippen LogP contribution is -2.03. The van der Waals surface area contributed by atoms with E-state index in [1.807, 2.05) is 24.4 Å². The summed E-state index contributed by atoms with van der Waals surface area (Å²) >= 11 is 16.7. The molecule has 2 aromatic rings. The highest BCUT2D eigenvalue weighted by molar-refractivity contribution is 9.10. The summed E-state index contributed by atoms with van der Waals surface area (Å²) in [6, 6.07) is 5.52. The number of hydrogen-bond donors (Lipinski definition) is 0. The normalized spacial score (nSPS) is 12.4. The van der Waals surface area contributed by atoms with Gasteiger partial charge in [-0.25, -0.2) is 4.98 Å². The van der Waals surface area contributed by atoms with Gasteiger partial charge in [0.15, 0.2) is 0 Å². The smallest absolute Gasteiger partial charge is 0.147 e. The van der Waals surface area contributed by atoms with E-state index in [0.717, 1.165) is 15.2 Å². The minimum absolute atomic E-state index is 0.148. The van der Waals surface area contributed by atoms with Crippen molar-refractivity contribution in [2.24, 2.45) is 0 Å². The molecule has 0 spiro atoms. The summed E-state index contributed by atoms with van der Waals surface area (Å²) in [5.41, 5.74) is 0.869. The molecule has 96 valence electrons. The Morgan fingerprint density at radius 1 is 1.50 bits per heavy atom. The van der Waals surface area contributed by atoms with Crippen LogP contribution in [0.2, 0.25) is 5.02 Å². The van der Waals surface area contributed by atoms with Crippen molar-refractivity contribution in [3.8, 4) is 5.75 Å². The summed E-state index contributed by atoms with van der Waals surface area (Å²) in [6.07, 6.45) is -0.148. The maximum Gasteiger partial charge on any atom is 0.147 e. The van der Waals surface area contributed by atoms with Crippen LogP contribution in [-0.4, -0.2) is 4.98 Å². The number of halogens is 3. The van der Waals surface area contributed by atoms with Crippen LogP contribution in [0.25, 0.3) is 0 Å². The lowest BCUT2D eigenvalue weighted by Gasteiger charge is -2.13. The highest BCUT2D eigenvalue weighted by atomic mass is 79.9. The van der Waals surface area contributed by atoms with Gasteiger partial charge in [-0.15, -0.1) is 22.9 Å². The van der Waals surface area contributed by atoms with Crippen LogP contribution in [0, 0.1) is 0 Å². The molecule has 18 heavy (non-hydrogen) atoms. The zero-order valence-corrected chi connectivity index (χ0v) is 13.4. The first-order valence-electron chi connectivity index (χ1n) is 5.22. The van der Waals surface area contributed by atoms with Gasteiger partial charge in [-0.05, 0) is 25.1 Å². The molecular weight excluding hydrogens is 357 g/mol. The fourth-order valence-electron chi connectivity index (χ4n) is 1.38. The van der Waals surface area contributed by atoms with Gasteiger partial charge in [0.2, 0.25) is 0 Å². The number of thiazole rings is 1. The Labute approximate surface area is 128 Å². The van der Waals surface area contributed by atoms with Gasteiger partial charge >= 0.3 is 0 Å². The Balaban J connectivity index is 2.13. The molecule has 2 rings (SSSR count).